The van der Waals surface area contributed by atoms with Crippen LogP contribution in [0.3, 0.4) is 0 Å². The average molecular weight is 243 g/mol. The zero-order valence-electron chi connectivity index (χ0n) is 10.3. The summed E-state index contributed by atoms with van der Waals surface area (Å²) in [6.45, 7) is 3.54. The topological polar surface area (TPSA) is 64.8 Å². The normalized spacial score (nSPS) is 10.3. The number of aldehydes is 1. The summed E-state index contributed by atoms with van der Waals surface area (Å²) in [6.07, 6.45) is 4.32. The Bertz CT molecular complexity index is 602. The fourth-order valence-electron chi connectivity index (χ4n) is 1.69. The molecule has 92 valence electrons. The molecular formula is C13H13N3O2. The minimum atomic E-state index is -0.00101. The Morgan fingerprint density at radius 1 is 1.50 bits per heavy atom. The van der Waals surface area contributed by atoms with Gasteiger partial charge in [-0.25, -0.2) is 9.67 Å². The molecule has 0 saturated heterocycles. The van der Waals surface area contributed by atoms with Gasteiger partial charge in [-0.15, -0.1) is 0 Å². The maximum atomic E-state index is 11.8. The molecule has 0 saturated carbocycles. The van der Waals surface area contributed by atoms with Gasteiger partial charge >= 0.3 is 0 Å². The summed E-state index contributed by atoms with van der Waals surface area (Å²) < 4.78 is 1.47. The van der Waals surface area contributed by atoms with Crippen LogP contribution in [0.15, 0.2) is 24.5 Å². The first-order chi connectivity index (χ1) is 8.67. The first-order valence-electron chi connectivity index (χ1n) is 5.67. The third-order valence-corrected chi connectivity index (χ3v) is 2.69. The number of Topliss-reactive ketones (excluding diaryl/α,β-unsaturated/α-hetero) is 1. The summed E-state index contributed by atoms with van der Waals surface area (Å²) in [5.74, 6) is 0.458. The van der Waals surface area contributed by atoms with Crippen molar-refractivity contribution in [3.63, 3.8) is 0 Å². The average Bonchev–Trinajstić information content (AvgIpc) is 2.79. The number of carbonyl (C=O) groups excluding carboxylic acids is 2. The van der Waals surface area contributed by atoms with E-state index in [-0.39, 0.29) is 5.78 Å². The second kappa shape index (κ2) is 4.91. The summed E-state index contributed by atoms with van der Waals surface area (Å²) >= 11 is 0. The van der Waals surface area contributed by atoms with Crippen LogP contribution in [0.2, 0.25) is 0 Å². The van der Waals surface area contributed by atoms with Crippen molar-refractivity contribution >= 4 is 12.1 Å². The van der Waals surface area contributed by atoms with Crippen LogP contribution in [-0.4, -0.2) is 26.8 Å². The van der Waals surface area contributed by atoms with E-state index in [9.17, 15) is 9.59 Å². The van der Waals surface area contributed by atoms with Gasteiger partial charge in [-0.3, -0.25) is 9.59 Å². The molecule has 0 aliphatic carbocycles. The van der Waals surface area contributed by atoms with E-state index >= 15 is 0 Å². The Kier molecular flexibility index (Phi) is 3.32. The van der Waals surface area contributed by atoms with Crippen molar-refractivity contribution in [2.45, 2.75) is 20.3 Å². The molecule has 5 nitrogen and oxygen atoms in total. The molecule has 5 heteroatoms. The van der Waals surface area contributed by atoms with Gasteiger partial charge in [0.05, 0.1) is 16.8 Å². The lowest BCUT2D eigenvalue weighted by molar-refractivity contribution is 0.0987. The second-order valence-electron chi connectivity index (χ2n) is 3.88. The fourth-order valence-corrected chi connectivity index (χ4v) is 1.69. The molecule has 0 fully saturated rings. The van der Waals surface area contributed by atoms with Gasteiger partial charge in [0.1, 0.15) is 0 Å². The highest BCUT2D eigenvalue weighted by Crippen LogP contribution is 2.14. The third kappa shape index (κ3) is 2.07. The molecule has 2 aromatic rings. The molecular weight excluding hydrogens is 230 g/mol. The minimum absolute atomic E-state index is 0.00101. The SMILES string of the molecule is CCC(=O)c1cccnc1-n1cc(C=O)c(C)n1. The summed E-state index contributed by atoms with van der Waals surface area (Å²) in [5, 5.41) is 4.20. The van der Waals surface area contributed by atoms with Crippen LogP contribution in [-0.2, 0) is 0 Å². The molecule has 0 unspecified atom stereocenters. The number of carbonyl (C=O) groups is 2. The Labute approximate surface area is 104 Å². The van der Waals surface area contributed by atoms with E-state index in [0.717, 1.165) is 6.29 Å². The van der Waals surface area contributed by atoms with Crippen molar-refractivity contribution in [2.75, 3.05) is 0 Å². The highest BCUT2D eigenvalue weighted by atomic mass is 16.1. The Morgan fingerprint density at radius 3 is 2.89 bits per heavy atom. The summed E-state index contributed by atoms with van der Waals surface area (Å²) in [7, 11) is 0. The lowest BCUT2D eigenvalue weighted by atomic mass is 10.1. The molecule has 2 heterocycles. The van der Waals surface area contributed by atoms with Crippen LogP contribution in [0.4, 0.5) is 0 Å². The molecule has 0 aromatic carbocycles. The Balaban J connectivity index is 2.56. The molecule has 0 spiro atoms. The predicted octanol–water partition coefficient (Wildman–Crippen LogP) is 1.98. The summed E-state index contributed by atoms with van der Waals surface area (Å²) in [4.78, 5) is 26.8. The van der Waals surface area contributed by atoms with Gasteiger partial charge in [-0.05, 0) is 19.1 Å². The van der Waals surface area contributed by atoms with Gasteiger partial charge in [-0.1, -0.05) is 6.92 Å². The van der Waals surface area contributed by atoms with Gasteiger partial charge in [0.15, 0.2) is 17.9 Å². The van der Waals surface area contributed by atoms with E-state index in [0.29, 0.717) is 29.1 Å². The van der Waals surface area contributed by atoms with E-state index in [4.69, 9.17) is 0 Å². The molecule has 0 amide bonds. The first kappa shape index (κ1) is 12.2. The van der Waals surface area contributed by atoms with Crippen LogP contribution in [0.25, 0.3) is 5.82 Å². The largest absolute Gasteiger partial charge is 0.298 e. The van der Waals surface area contributed by atoms with Crippen molar-refractivity contribution in [1.82, 2.24) is 14.8 Å². The molecule has 0 atom stereocenters. The molecule has 2 aromatic heterocycles. The van der Waals surface area contributed by atoms with Crippen LogP contribution < -0.4 is 0 Å². The number of rotatable bonds is 4. The molecule has 0 radical (unpaired) electrons. The van der Waals surface area contributed by atoms with Crippen LogP contribution in [0, 0.1) is 6.92 Å². The first-order valence-corrected chi connectivity index (χ1v) is 5.67. The van der Waals surface area contributed by atoms with Crippen molar-refractivity contribution in [3.8, 4) is 5.82 Å². The van der Waals surface area contributed by atoms with Gasteiger partial charge in [0.25, 0.3) is 0 Å². The van der Waals surface area contributed by atoms with E-state index in [2.05, 4.69) is 10.1 Å². The van der Waals surface area contributed by atoms with Gasteiger partial charge in [0.2, 0.25) is 0 Å². The number of hydrogen-bond donors (Lipinski definition) is 0. The molecule has 0 bridgehead atoms. The van der Waals surface area contributed by atoms with Crippen LogP contribution >= 0.6 is 0 Å². The zero-order chi connectivity index (χ0) is 13.1. The predicted molar refractivity (Wildman–Crippen MR) is 66.1 cm³/mol. The number of aryl methyl sites for hydroxylation is 1. The number of hydrogen-bond acceptors (Lipinski definition) is 4. The van der Waals surface area contributed by atoms with Crippen molar-refractivity contribution < 1.29 is 9.59 Å². The van der Waals surface area contributed by atoms with Gasteiger partial charge in [0, 0.05) is 18.8 Å². The summed E-state index contributed by atoms with van der Waals surface area (Å²) in [5.41, 5.74) is 1.63. The van der Waals surface area contributed by atoms with Crippen LogP contribution in [0.5, 0.6) is 0 Å². The molecule has 2 rings (SSSR count). The second-order valence-corrected chi connectivity index (χ2v) is 3.88. The van der Waals surface area contributed by atoms with E-state index in [1.807, 2.05) is 0 Å². The molecule has 0 aliphatic heterocycles. The van der Waals surface area contributed by atoms with Gasteiger partial charge < -0.3 is 0 Å². The highest BCUT2D eigenvalue weighted by molar-refractivity contribution is 5.98. The Hall–Kier alpha value is -2.30. The lowest BCUT2D eigenvalue weighted by Gasteiger charge is -2.05. The van der Waals surface area contributed by atoms with E-state index < -0.39 is 0 Å². The third-order valence-electron chi connectivity index (χ3n) is 2.69. The quantitative estimate of drug-likeness (QED) is 0.608. The minimum Gasteiger partial charge on any atom is -0.298 e. The van der Waals surface area contributed by atoms with Crippen molar-refractivity contribution in [3.05, 3.63) is 41.3 Å². The number of ketones is 1. The summed E-state index contributed by atoms with van der Waals surface area (Å²) in [6, 6.07) is 3.43. The Morgan fingerprint density at radius 2 is 2.28 bits per heavy atom. The molecule has 0 aliphatic rings. The standard InChI is InChI=1S/C13H13N3O2/c1-3-12(18)11-5-4-6-14-13(11)16-7-10(8-17)9(2)15-16/h4-8H,3H2,1-2H3. The van der Waals surface area contributed by atoms with Crippen molar-refractivity contribution in [1.29, 1.82) is 0 Å². The van der Waals surface area contributed by atoms with Crippen LogP contribution in [0.1, 0.15) is 39.8 Å². The maximum absolute atomic E-state index is 11.8. The van der Waals surface area contributed by atoms with E-state index in [1.165, 1.54) is 4.68 Å². The maximum Gasteiger partial charge on any atom is 0.166 e. The molecule has 18 heavy (non-hydrogen) atoms. The number of aromatic nitrogens is 3. The van der Waals surface area contributed by atoms with Crippen molar-refractivity contribution in [2.24, 2.45) is 0 Å². The number of nitrogens with zero attached hydrogens (tertiary/aromatic N) is 3. The fraction of sp³-hybridized carbons (Fsp3) is 0.231. The smallest absolute Gasteiger partial charge is 0.166 e. The van der Waals surface area contributed by atoms with Gasteiger partial charge in [-0.2, -0.15) is 5.10 Å². The number of pyridine rings is 1. The zero-order valence-corrected chi connectivity index (χ0v) is 10.3. The highest BCUT2D eigenvalue weighted by Gasteiger charge is 2.14. The van der Waals surface area contributed by atoms with E-state index in [1.54, 1.807) is 38.4 Å². The monoisotopic (exact) mass is 243 g/mol. The lowest BCUT2D eigenvalue weighted by Crippen LogP contribution is -2.08. The molecule has 0 N–H and O–H groups in total.